The van der Waals surface area contributed by atoms with Crippen LogP contribution in [0.15, 0.2) is 0 Å². The number of carbonyl (C=O) groups excluding carboxylic acids is 1. The van der Waals surface area contributed by atoms with Crippen LogP contribution < -0.4 is 5.32 Å². The minimum atomic E-state index is -1.09. The molecule has 122 valence electrons. The van der Waals surface area contributed by atoms with E-state index in [1.165, 1.54) is 0 Å². The Bertz CT molecular complexity index is 350. The minimum Gasteiger partial charge on any atom is -0.480 e. The number of hydrogen-bond acceptors (Lipinski definition) is 3. The van der Waals surface area contributed by atoms with Gasteiger partial charge in [0.05, 0.1) is 6.61 Å². The van der Waals surface area contributed by atoms with E-state index < -0.39 is 11.5 Å². The van der Waals surface area contributed by atoms with Gasteiger partial charge in [-0.15, -0.1) is 0 Å². The van der Waals surface area contributed by atoms with Gasteiger partial charge in [0.15, 0.2) is 0 Å². The Labute approximate surface area is 126 Å². The number of aliphatic carboxylic acids is 1. The number of carboxylic acid groups (broad SMARTS) is 1. The van der Waals surface area contributed by atoms with Crippen molar-refractivity contribution in [3.8, 4) is 0 Å². The molecule has 1 fully saturated rings. The molecule has 0 aromatic rings. The van der Waals surface area contributed by atoms with E-state index in [1.54, 1.807) is 12.0 Å². The fourth-order valence-corrected chi connectivity index (χ4v) is 3.02. The van der Waals surface area contributed by atoms with Crippen molar-refractivity contribution in [1.29, 1.82) is 0 Å². The topological polar surface area (TPSA) is 78.9 Å². The molecule has 21 heavy (non-hydrogen) atoms. The monoisotopic (exact) mass is 300 g/mol. The number of hydrogen-bond donors (Lipinski definition) is 2. The lowest BCUT2D eigenvalue weighted by Crippen LogP contribution is -2.58. The van der Waals surface area contributed by atoms with Crippen molar-refractivity contribution in [3.63, 3.8) is 0 Å². The Balaban J connectivity index is 2.81. The van der Waals surface area contributed by atoms with Crippen LogP contribution in [-0.4, -0.2) is 53.8 Å². The van der Waals surface area contributed by atoms with E-state index in [4.69, 9.17) is 4.74 Å². The summed E-state index contributed by atoms with van der Waals surface area (Å²) in [5.41, 5.74) is -1.09. The smallest absolute Gasteiger partial charge is 0.329 e. The van der Waals surface area contributed by atoms with Crippen molar-refractivity contribution >= 4 is 12.0 Å². The largest absolute Gasteiger partial charge is 0.480 e. The molecule has 0 bridgehead atoms. The highest BCUT2D eigenvalue weighted by Gasteiger charge is 2.43. The van der Waals surface area contributed by atoms with Crippen molar-refractivity contribution in [2.45, 2.75) is 64.0 Å². The molecule has 1 rings (SSSR count). The van der Waals surface area contributed by atoms with Gasteiger partial charge < -0.3 is 20.1 Å². The molecule has 0 radical (unpaired) electrons. The average molecular weight is 300 g/mol. The molecule has 0 aromatic carbocycles. The van der Waals surface area contributed by atoms with Gasteiger partial charge in [-0.1, -0.05) is 26.7 Å². The molecular weight excluding hydrogens is 272 g/mol. The summed E-state index contributed by atoms with van der Waals surface area (Å²) in [5, 5.41) is 12.2. The van der Waals surface area contributed by atoms with Crippen molar-refractivity contribution in [2.24, 2.45) is 0 Å². The van der Waals surface area contributed by atoms with E-state index in [2.05, 4.69) is 5.32 Å². The van der Waals surface area contributed by atoms with Crippen molar-refractivity contribution in [2.75, 3.05) is 20.3 Å². The summed E-state index contributed by atoms with van der Waals surface area (Å²) in [5.74, 6) is -0.926. The predicted octanol–water partition coefficient (Wildman–Crippen LogP) is 2.23. The van der Waals surface area contributed by atoms with Crippen LogP contribution in [0.25, 0.3) is 0 Å². The van der Waals surface area contributed by atoms with Crippen LogP contribution in [0.2, 0.25) is 0 Å². The summed E-state index contributed by atoms with van der Waals surface area (Å²) in [6.07, 6.45) is 4.39. The second kappa shape index (κ2) is 8.22. The number of nitrogens with one attached hydrogen (secondary N) is 1. The summed E-state index contributed by atoms with van der Waals surface area (Å²) in [6.45, 7) is 4.99. The summed E-state index contributed by atoms with van der Waals surface area (Å²) >= 11 is 0. The van der Waals surface area contributed by atoms with Gasteiger partial charge in [-0.3, -0.25) is 0 Å². The SMILES string of the molecule is CCC(CC)N(CCOC)C(=O)NC1(C(=O)O)CCCC1. The maximum absolute atomic E-state index is 12.6. The van der Waals surface area contributed by atoms with Crippen LogP contribution in [0.5, 0.6) is 0 Å². The van der Waals surface area contributed by atoms with Gasteiger partial charge in [0.1, 0.15) is 5.54 Å². The van der Waals surface area contributed by atoms with Gasteiger partial charge in [0, 0.05) is 19.7 Å². The van der Waals surface area contributed by atoms with E-state index in [1.807, 2.05) is 13.8 Å². The first-order valence-electron chi connectivity index (χ1n) is 7.81. The number of carboxylic acids is 1. The molecule has 0 spiro atoms. The van der Waals surface area contributed by atoms with Gasteiger partial charge in [0.2, 0.25) is 0 Å². The number of urea groups is 1. The summed E-state index contributed by atoms with van der Waals surface area (Å²) in [4.78, 5) is 25.8. The number of nitrogens with zero attached hydrogens (tertiary/aromatic N) is 1. The Hall–Kier alpha value is -1.30. The van der Waals surface area contributed by atoms with Gasteiger partial charge in [0.25, 0.3) is 0 Å². The van der Waals surface area contributed by atoms with Gasteiger partial charge in [-0.25, -0.2) is 9.59 Å². The van der Waals surface area contributed by atoms with Crippen LogP contribution in [-0.2, 0) is 9.53 Å². The Morgan fingerprint density at radius 1 is 1.29 bits per heavy atom. The molecule has 0 aromatic heterocycles. The normalized spacial score (nSPS) is 17.0. The molecule has 0 atom stereocenters. The first-order valence-corrected chi connectivity index (χ1v) is 7.81. The third-order valence-corrected chi connectivity index (χ3v) is 4.39. The minimum absolute atomic E-state index is 0.104. The lowest BCUT2D eigenvalue weighted by Gasteiger charge is -2.34. The van der Waals surface area contributed by atoms with Gasteiger partial charge in [-0.05, 0) is 25.7 Å². The first kappa shape index (κ1) is 17.8. The Morgan fingerprint density at radius 3 is 2.29 bits per heavy atom. The van der Waals surface area contributed by atoms with E-state index in [0.717, 1.165) is 25.7 Å². The number of ether oxygens (including phenoxy) is 1. The first-order chi connectivity index (χ1) is 10.0. The number of carbonyl (C=O) groups is 2. The number of rotatable bonds is 8. The molecule has 1 aliphatic rings. The standard InChI is InChI=1S/C15H28N2O4/c1-4-12(5-2)17(10-11-21-3)14(20)16-15(13(18)19)8-6-7-9-15/h12H,4-11H2,1-3H3,(H,16,20)(H,18,19). The fourth-order valence-electron chi connectivity index (χ4n) is 3.02. The molecule has 0 aliphatic heterocycles. The van der Waals surface area contributed by atoms with Crippen LogP contribution in [0.4, 0.5) is 4.79 Å². The van der Waals surface area contributed by atoms with Crippen LogP contribution in [0, 0.1) is 0 Å². The quantitative estimate of drug-likeness (QED) is 0.720. The zero-order valence-corrected chi connectivity index (χ0v) is 13.4. The molecule has 0 heterocycles. The van der Waals surface area contributed by atoms with E-state index in [9.17, 15) is 14.7 Å². The lowest BCUT2D eigenvalue weighted by molar-refractivity contribution is -0.144. The van der Waals surface area contributed by atoms with Crippen LogP contribution in [0.1, 0.15) is 52.4 Å². The highest BCUT2D eigenvalue weighted by Crippen LogP contribution is 2.30. The van der Waals surface area contributed by atoms with Crippen LogP contribution >= 0.6 is 0 Å². The number of amides is 2. The van der Waals surface area contributed by atoms with Crippen molar-refractivity contribution in [1.82, 2.24) is 10.2 Å². The molecule has 0 unspecified atom stereocenters. The average Bonchev–Trinajstić information content (AvgIpc) is 2.93. The van der Waals surface area contributed by atoms with E-state index >= 15 is 0 Å². The third-order valence-electron chi connectivity index (χ3n) is 4.39. The van der Waals surface area contributed by atoms with Gasteiger partial charge in [-0.2, -0.15) is 0 Å². The molecule has 0 saturated heterocycles. The van der Waals surface area contributed by atoms with E-state index in [-0.39, 0.29) is 12.1 Å². The molecule has 6 heteroatoms. The Kier molecular flexibility index (Phi) is 6.95. The zero-order chi connectivity index (χ0) is 15.9. The van der Waals surface area contributed by atoms with Crippen molar-refractivity contribution < 1.29 is 19.4 Å². The number of methoxy groups -OCH3 is 1. The summed E-state index contributed by atoms with van der Waals surface area (Å²) < 4.78 is 5.07. The summed E-state index contributed by atoms with van der Waals surface area (Å²) in [7, 11) is 1.60. The second-order valence-corrected chi connectivity index (χ2v) is 5.68. The highest BCUT2D eigenvalue weighted by molar-refractivity contribution is 5.86. The second-order valence-electron chi connectivity index (χ2n) is 5.68. The molecule has 2 amide bonds. The van der Waals surface area contributed by atoms with Crippen LogP contribution in [0.3, 0.4) is 0 Å². The molecule has 1 aliphatic carbocycles. The zero-order valence-electron chi connectivity index (χ0n) is 13.4. The van der Waals surface area contributed by atoms with E-state index in [0.29, 0.717) is 26.0 Å². The maximum atomic E-state index is 12.6. The Morgan fingerprint density at radius 2 is 1.86 bits per heavy atom. The van der Waals surface area contributed by atoms with Crippen molar-refractivity contribution in [3.05, 3.63) is 0 Å². The third kappa shape index (κ3) is 4.33. The molecule has 1 saturated carbocycles. The fraction of sp³-hybridized carbons (Fsp3) is 0.867. The molecule has 6 nitrogen and oxygen atoms in total. The molecular formula is C15H28N2O4. The summed E-state index contributed by atoms with van der Waals surface area (Å²) in [6, 6.07) is -0.183. The van der Waals surface area contributed by atoms with Gasteiger partial charge >= 0.3 is 12.0 Å². The predicted molar refractivity (Wildman–Crippen MR) is 80.3 cm³/mol. The maximum Gasteiger partial charge on any atom is 0.329 e. The molecule has 2 N–H and O–H groups in total. The lowest BCUT2D eigenvalue weighted by atomic mass is 9.98. The highest BCUT2D eigenvalue weighted by atomic mass is 16.5.